The average molecular weight is 625 g/mol. The molecule has 1 amide bonds. The van der Waals surface area contributed by atoms with Gasteiger partial charge in [0.25, 0.3) is 5.56 Å². The Morgan fingerprint density at radius 3 is 2.32 bits per heavy atom. The third-order valence-electron chi connectivity index (χ3n) is 8.77. The fourth-order valence-corrected chi connectivity index (χ4v) is 7.09. The molecule has 6 rings (SSSR count). The van der Waals surface area contributed by atoms with Gasteiger partial charge in [0.15, 0.2) is 5.78 Å². The van der Waals surface area contributed by atoms with Crippen LogP contribution in [0.25, 0.3) is 11.0 Å². The predicted molar refractivity (Wildman–Crippen MR) is 164 cm³/mol. The number of aryl methyl sites for hydroxylation is 1. The maximum Gasteiger partial charge on any atom is 0.423 e. The summed E-state index contributed by atoms with van der Waals surface area (Å²) in [6.45, 7) is 4.29. The third-order valence-corrected chi connectivity index (χ3v) is 10.1. The molecule has 234 valence electrons. The SMILES string of the molecule is CC(=O)c1c(C)c2cnc(Nc3ccc(N4CCN(S(=O)(=O)OC(=O)NC5CCC5)CC4)cn3)nc2n(C2CCCC2)c1=O. The van der Waals surface area contributed by atoms with E-state index >= 15 is 0 Å². The van der Waals surface area contributed by atoms with E-state index < -0.39 is 16.4 Å². The number of aromatic nitrogens is 4. The standard InChI is InChI=1S/C29H36N8O6S/c1-18-23-17-31-28(34-26(23)37(21-8-3-4-9-21)27(39)25(18)19(2)38)33-24-11-10-22(16-30-24)35-12-14-36(15-13-35)44(41,42)43-29(40)32-20-6-5-7-20/h10-11,16-17,20-21H,3-9,12-15H2,1-2H3,(H,32,40)(H,30,31,33,34). The number of nitrogens with zero attached hydrogens (tertiary/aromatic N) is 6. The largest absolute Gasteiger partial charge is 0.423 e. The van der Waals surface area contributed by atoms with Crippen LogP contribution in [0.3, 0.4) is 0 Å². The summed E-state index contributed by atoms with van der Waals surface area (Å²) in [6.07, 6.45) is 8.80. The van der Waals surface area contributed by atoms with Crippen LogP contribution in [-0.4, -0.2) is 76.3 Å². The summed E-state index contributed by atoms with van der Waals surface area (Å²) in [5.74, 6) is 0.502. The first-order chi connectivity index (χ1) is 21.1. The number of amides is 1. The molecule has 2 aliphatic carbocycles. The number of nitrogens with one attached hydrogen (secondary N) is 2. The van der Waals surface area contributed by atoms with Crippen molar-refractivity contribution in [2.75, 3.05) is 36.4 Å². The number of anilines is 3. The molecule has 1 aliphatic heterocycles. The fraction of sp³-hybridized carbons (Fsp3) is 0.517. The second-order valence-corrected chi connectivity index (χ2v) is 13.2. The molecule has 4 heterocycles. The minimum atomic E-state index is -4.18. The Morgan fingerprint density at radius 2 is 1.70 bits per heavy atom. The molecule has 0 spiro atoms. The van der Waals surface area contributed by atoms with Crippen molar-refractivity contribution in [1.29, 1.82) is 0 Å². The lowest BCUT2D eigenvalue weighted by atomic mass is 9.93. The number of carbonyl (C=O) groups excluding carboxylic acids is 2. The van der Waals surface area contributed by atoms with Gasteiger partial charge in [-0.3, -0.25) is 14.2 Å². The van der Waals surface area contributed by atoms with Gasteiger partial charge in [-0.15, -0.1) is 0 Å². The van der Waals surface area contributed by atoms with E-state index in [1.54, 1.807) is 30.0 Å². The van der Waals surface area contributed by atoms with Crippen LogP contribution >= 0.6 is 0 Å². The van der Waals surface area contributed by atoms with Gasteiger partial charge in [0, 0.05) is 49.8 Å². The first kappa shape index (κ1) is 29.9. The zero-order chi connectivity index (χ0) is 31.0. The summed E-state index contributed by atoms with van der Waals surface area (Å²) in [7, 11) is -4.18. The van der Waals surface area contributed by atoms with E-state index in [1.165, 1.54) is 6.92 Å². The Bertz CT molecular complexity index is 1740. The van der Waals surface area contributed by atoms with E-state index in [-0.39, 0.29) is 48.0 Å². The summed E-state index contributed by atoms with van der Waals surface area (Å²) in [4.78, 5) is 53.4. The molecule has 44 heavy (non-hydrogen) atoms. The Morgan fingerprint density at radius 1 is 0.977 bits per heavy atom. The number of fused-ring (bicyclic) bond motifs is 1. The van der Waals surface area contributed by atoms with E-state index in [9.17, 15) is 22.8 Å². The first-order valence-corrected chi connectivity index (χ1v) is 16.4. The summed E-state index contributed by atoms with van der Waals surface area (Å²) in [5.41, 5.74) is 1.76. The molecular formula is C29H36N8O6S. The molecule has 3 aromatic heterocycles. The van der Waals surface area contributed by atoms with Crippen LogP contribution in [0.4, 0.5) is 22.2 Å². The van der Waals surface area contributed by atoms with Gasteiger partial charge < -0.3 is 19.7 Å². The smallest absolute Gasteiger partial charge is 0.368 e. The maximum atomic E-state index is 13.4. The maximum absolute atomic E-state index is 13.4. The van der Waals surface area contributed by atoms with Gasteiger partial charge in [0.1, 0.15) is 11.5 Å². The van der Waals surface area contributed by atoms with Crippen molar-refractivity contribution < 1.29 is 22.2 Å². The van der Waals surface area contributed by atoms with Gasteiger partial charge in [-0.25, -0.2) is 14.8 Å². The van der Waals surface area contributed by atoms with Crippen molar-refractivity contribution in [3.8, 4) is 0 Å². The Hall–Kier alpha value is -4.11. The number of hydrogen-bond donors (Lipinski definition) is 2. The van der Waals surface area contributed by atoms with Crippen LogP contribution in [0.15, 0.2) is 29.3 Å². The molecule has 0 atom stereocenters. The second kappa shape index (κ2) is 12.1. The van der Waals surface area contributed by atoms with Crippen molar-refractivity contribution in [2.24, 2.45) is 0 Å². The summed E-state index contributed by atoms with van der Waals surface area (Å²) in [5, 5.41) is 6.35. The molecule has 15 heteroatoms. The Labute approximate surface area is 255 Å². The molecule has 0 bridgehead atoms. The number of piperazine rings is 1. The molecule has 1 saturated heterocycles. The second-order valence-electron chi connectivity index (χ2n) is 11.6. The highest BCUT2D eigenvalue weighted by molar-refractivity contribution is 7.84. The lowest BCUT2D eigenvalue weighted by Gasteiger charge is -2.34. The minimum Gasteiger partial charge on any atom is -0.368 e. The molecule has 2 N–H and O–H groups in total. The van der Waals surface area contributed by atoms with Crippen LogP contribution < -0.4 is 21.1 Å². The number of hydrogen-bond acceptors (Lipinski definition) is 11. The fourth-order valence-electron chi connectivity index (χ4n) is 6.13. The lowest BCUT2D eigenvalue weighted by molar-refractivity contribution is 0.101. The van der Waals surface area contributed by atoms with Gasteiger partial charge >= 0.3 is 16.4 Å². The van der Waals surface area contributed by atoms with Gasteiger partial charge in [-0.1, -0.05) is 12.8 Å². The highest BCUT2D eigenvalue weighted by atomic mass is 32.2. The molecule has 0 aromatic carbocycles. The number of carbonyl (C=O) groups is 2. The van der Waals surface area contributed by atoms with Crippen molar-refractivity contribution in [2.45, 2.75) is 70.9 Å². The lowest BCUT2D eigenvalue weighted by Crippen LogP contribution is -2.50. The molecule has 3 aliphatic rings. The van der Waals surface area contributed by atoms with Crippen molar-refractivity contribution in [3.05, 3.63) is 46.0 Å². The molecule has 3 fully saturated rings. The Balaban J connectivity index is 1.13. The highest BCUT2D eigenvalue weighted by Crippen LogP contribution is 2.32. The molecule has 0 unspecified atom stereocenters. The Kier molecular flexibility index (Phi) is 8.24. The van der Waals surface area contributed by atoms with E-state index in [0.29, 0.717) is 35.5 Å². The normalized spacial score (nSPS) is 18.3. The quantitative estimate of drug-likeness (QED) is 0.353. The van der Waals surface area contributed by atoms with Gasteiger partial charge in [0.05, 0.1) is 17.4 Å². The molecule has 2 saturated carbocycles. The highest BCUT2D eigenvalue weighted by Gasteiger charge is 2.32. The summed E-state index contributed by atoms with van der Waals surface area (Å²) < 4.78 is 32.7. The van der Waals surface area contributed by atoms with E-state index in [0.717, 1.165) is 54.9 Å². The summed E-state index contributed by atoms with van der Waals surface area (Å²) >= 11 is 0. The number of ketones is 1. The summed E-state index contributed by atoms with van der Waals surface area (Å²) in [6, 6.07) is 3.60. The van der Waals surface area contributed by atoms with E-state index in [2.05, 4.69) is 20.6 Å². The van der Waals surface area contributed by atoms with Crippen LogP contribution in [0.1, 0.15) is 73.8 Å². The van der Waals surface area contributed by atoms with E-state index in [4.69, 9.17) is 9.17 Å². The molecule has 14 nitrogen and oxygen atoms in total. The van der Waals surface area contributed by atoms with Crippen LogP contribution in [0.5, 0.6) is 0 Å². The zero-order valence-corrected chi connectivity index (χ0v) is 25.6. The third kappa shape index (κ3) is 5.98. The topological polar surface area (TPSA) is 169 Å². The number of Topliss-reactive ketones (excluding diaryl/α,β-unsaturated/α-hetero) is 1. The first-order valence-electron chi connectivity index (χ1n) is 15.0. The number of rotatable bonds is 8. The predicted octanol–water partition coefficient (Wildman–Crippen LogP) is 3.20. The van der Waals surface area contributed by atoms with Crippen LogP contribution in [-0.2, 0) is 14.5 Å². The molecule has 0 radical (unpaired) electrons. The zero-order valence-electron chi connectivity index (χ0n) is 24.8. The van der Waals surface area contributed by atoms with E-state index in [1.807, 2.05) is 11.0 Å². The van der Waals surface area contributed by atoms with Gasteiger partial charge in [-0.05, 0) is 63.6 Å². The minimum absolute atomic E-state index is 0.0172. The molecular weight excluding hydrogens is 588 g/mol. The van der Waals surface area contributed by atoms with Crippen LogP contribution in [0, 0.1) is 6.92 Å². The van der Waals surface area contributed by atoms with Crippen molar-refractivity contribution >= 4 is 50.7 Å². The van der Waals surface area contributed by atoms with Crippen molar-refractivity contribution in [1.82, 2.24) is 29.1 Å². The van der Waals surface area contributed by atoms with Crippen molar-refractivity contribution in [3.63, 3.8) is 0 Å². The molecule has 3 aromatic rings. The average Bonchev–Trinajstić information content (AvgIpc) is 3.50. The monoisotopic (exact) mass is 624 g/mol. The van der Waals surface area contributed by atoms with Crippen LogP contribution in [0.2, 0.25) is 0 Å². The van der Waals surface area contributed by atoms with Gasteiger partial charge in [-0.2, -0.15) is 17.7 Å². The van der Waals surface area contributed by atoms with Gasteiger partial charge in [0.2, 0.25) is 5.95 Å². The number of pyridine rings is 2.